The van der Waals surface area contributed by atoms with E-state index in [4.69, 9.17) is 0 Å². The third-order valence-electron chi connectivity index (χ3n) is 5.87. The van der Waals surface area contributed by atoms with Crippen LogP contribution in [0.5, 0.6) is 0 Å². The molecule has 0 saturated heterocycles. The van der Waals surface area contributed by atoms with Crippen LogP contribution in [0.1, 0.15) is 18.1 Å². The molecule has 5 nitrogen and oxygen atoms in total. The Balaban J connectivity index is 1.28. The first kappa shape index (κ1) is 23.5. The van der Waals surface area contributed by atoms with Crippen LogP contribution in [0, 0.1) is 5.82 Å². The predicted octanol–water partition coefficient (Wildman–Crippen LogP) is 6.32. The number of fused-ring (bicyclic) bond motifs is 4. The zero-order valence-corrected chi connectivity index (χ0v) is 20.1. The molecule has 0 radical (unpaired) electrons. The molecule has 7 heteroatoms. The van der Waals surface area contributed by atoms with Gasteiger partial charge in [-0.2, -0.15) is 0 Å². The fourth-order valence-electron chi connectivity index (χ4n) is 4.36. The summed E-state index contributed by atoms with van der Waals surface area (Å²) in [5.41, 5.74) is 5.08. The number of benzene rings is 4. The van der Waals surface area contributed by atoms with Crippen molar-refractivity contribution < 1.29 is 18.8 Å². The van der Waals surface area contributed by atoms with Crippen molar-refractivity contribution in [1.29, 1.82) is 0 Å². The standard InChI is InChI=1S/C29H21FN2O3S/c1-17(33)31-26-11-6-18-4-2-3-5-25(18)29(26)36-28(35)13-12-27(34)32-22-8-10-24-20(16-22)14-19-15-21(30)7-9-23(19)24/h2-13,15-16H,14H2,1H3,(H,31,33)(H,32,34)/b13-12-. The monoisotopic (exact) mass is 496 g/mol. The van der Waals surface area contributed by atoms with E-state index in [9.17, 15) is 18.8 Å². The summed E-state index contributed by atoms with van der Waals surface area (Å²) in [5, 5.41) is 6.96. The summed E-state index contributed by atoms with van der Waals surface area (Å²) >= 11 is 0.949. The fourth-order valence-corrected chi connectivity index (χ4v) is 5.22. The number of hydrogen-bond donors (Lipinski definition) is 2. The van der Waals surface area contributed by atoms with Crippen molar-refractivity contribution in [1.82, 2.24) is 0 Å². The summed E-state index contributed by atoms with van der Waals surface area (Å²) in [6, 6.07) is 21.5. The minimum atomic E-state index is -0.439. The van der Waals surface area contributed by atoms with Gasteiger partial charge < -0.3 is 10.6 Å². The van der Waals surface area contributed by atoms with E-state index in [1.807, 2.05) is 42.5 Å². The molecule has 0 bridgehead atoms. The van der Waals surface area contributed by atoms with Crippen molar-refractivity contribution in [2.45, 2.75) is 18.2 Å². The molecule has 0 spiro atoms. The lowest BCUT2D eigenvalue weighted by Gasteiger charge is -2.11. The highest BCUT2D eigenvalue weighted by Crippen LogP contribution is 2.38. The van der Waals surface area contributed by atoms with E-state index in [1.54, 1.807) is 18.2 Å². The summed E-state index contributed by atoms with van der Waals surface area (Å²) in [7, 11) is 0. The molecule has 0 fully saturated rings. The number of thioether (sulfide) groups is 1. The number of carbonyl (C=O) groups excluding carboxylic acids is 3. The summed E-state index contributed by atoms with van der Waals surface area (Å²) < 4.78 is 13.6. The molecule has 0 heterocycles. The lowest BCUT2D eigenvalue weighted by atomic mass is 10.1. The molecule has 0 atom stereocenters. The first-order chi connectivity index (χ1) is 17.4. The first-order valence-corrected chi connectivity index (χ1v) is 12.1. The molecule has 0 aliphatic heterocycles. The SMILES string of the molecule is CC(=O)Nc1ccc2ccccc2c1SC(=O)/C=C\C(=O)Nc1ccc2c(c1)Cc1cc(F)ccc1-2. The maximum Gasteiger partial charge on any atom is 0.248 e. The second-order valence-corrected chi connectivity index (χ2v) is 9.45. The van der Waals surface area contributed by atoms with Crippen LogP contribution in [0.3, 0.4) is 0 Å². The average Bonchev–Trinajstić information content (AvgIpc) is 3.20. The molecule has 4 aromatic carbocycles. The smallest absolute Gasteiger partial charge is 0.248 e. The lowest BCUT2D eigenvalue weighted by molar-refractivity contribution is -0.114. The molecule has 1 aliphatic carbocycles. The molecule has 0 unspecified atom stereocenters. The molecule has 5 rings (SSSR count). The largest absolute Gasteiger partial charge is 0.325 e. The number of rotatable bonds is 5. The minimum absolute atomic E-state index is 0.239. The molecule has 1 aliphatic rings. The van der Waals surface area contributed by atoms with Gasteiger partial charge in [0.05, 0.1) is 5.69 Å². The van der Waals surface area contributed by atoms with E-state index in [0.29, 0.717) is 22.7 Å². The van der Waals surface area contributed by atoms with Crippen LogP contribution in [0.2, 0.25) is 0 Å². The van der Waals surface area contributed by atoms with Crippen molar-refractivity contribution >= 4 is 50.8 Å². The van der Waals surface area contributed by atoms with Crippen LogP contribution >= 0.6 is 11.8 Å². The zero-order chi connectivity index (χ0) is 25.2. The van der Waals surface area contributed by atoms with E-state index in [-0.39, 0.29) is 16.8 Å². The van der Waals surface area contributed by atoms with Gasteiger partial charge in [-0.3, -0.25) is 14.4 Å². The van der Waals surface area contributed by atoms with E-state index >= 15 is 0 Å². The highest BCUT2D eigenvalue weighted by Gasteiger charge is 2.19. The third-order valence-corrected chi connectivity index (χ3v) is 6.86. The molecule has 2 N–H and O–H groups in total. The van der Waals surface area contributed by atoms with Crippen molar-refractivity contribution in [3.63, 3.8) is 0 Å². The molecule has 0 aromatic heterocycles. The number of anilines is 2. The van der Waals surface area contributed by atoms with E-state index in [1.165, 1.54) is 31.2 Å². The zero-order valence-electron chi connectivity index (χ0n) is 19.3. The van der Waals surface area contributed by atoms with Crippen molar-refractivity contribution in [3.05, 3.63) is 102 Å². The first-order valence-electron chi connectivity index (χ1n) is 11.3. The maximum atomic E-state index is 13.6. The lowest BCUT2D eigenvalue weighted by Crippen LogP contribution is -2.09. The maximum absolute atomic E-state index is 13.6. The van der Waals surface area contributed by atoms with Crippen molar-refractivity contribution in [3.8, 4) is 11.1 Å². The third kappa shape index (κ3) is 4.92. The molecule has 0 saturated carbocycles. The Kier molecular flexibility index (Phi) is 6.40. The Hall–Kier alpha value is -4.23. The quantitative estimate of drug-likeness (QED) is 0.221. The van der Waals surface area contributed by atoms with Crippen LogP contribution in [0.15, 0.2) is 89.8 Å². The van der Waals surface area contributed by atoms with E-state index in [2.05, 4.69) is 10.6 Å². The van der Waals surface area contributed by atoms with Gasteiger partial charge in [0.2, 0.25) is 16.9 Å². The van der Waals surface area contributed by atoms with Crippen LogP contribution in [-0.4, -0.2) is 16.9 Å². The van der Waals surface area contributed by atoms with Gasteiger partial charge in [0, 0.05) is 23.6 Å². The van der Waals surface area contributed by atoms with Gasteiger partial charge in [-0.1, -0.05) is 42.5 Å². The molecular weight excluding hydrogens is 475 g/mol. The molecular formula is C29H21FN2O3S. The summed E-state index contributed by atoms with van der Waals surface area (Å²) in [4.78, 5) is 37.5. The highest BCUT2D eigenvalue weighted by atomic mass is 32.2. The number of amides is 2. The minimum Gasteiger partial charge on any atom is -0.325 e. The van der Waals surface area contributed by atoms with Crippen molar-refractivity contribution in [2.24, 2.45) is 0 Å². The molecule has 2 amide bonds. The highest BCUT2D eigenvalue weighted by molar-refractivity contribution is 8.14. The van der Waals surface area contributed by atoms with Crippen LogP contribution < -0.4 is 10.6 Å². The van der Waals surface area contributed by atoms with Gasteiger partial charge in [-0.25, -0.2) is 4.39 Å². The summed E-state index contributed by atoms with van der Waals surface area (Å²) in [6.07, 6.45) is 3.00. The normalized spacial score (nSPS) is 11.8. The number of hydrogen-bond acceptors (Lipinski definition) is 4. The second-order valence-electron chi connectivity index (χ2n) is 8.44. The number of nitrogens with one attached hydrogen (secondary N) is 2. The molecule has 36 heavy (non-hydrogen) atoms. The molecule has 4 aromatic rings. The second kappa shape index (κ2) is 9.79. The Morgan fingerprint density at radius 3 is 2.42 bits per heavy atom. The molecule has 178 valence electrons. The summed E-state index contributed by atoms with van der Waals surface area (Å²) in [5.74, 6) is -0.946. The predicted molar refractivity (Wildman–Crippen MR) is 142 cm³/mol. The van der Waals surface area contributed by atoms with Crippen LogP contribution in [-0.2, 0) is 20.8 Å². The van der Waals surface area contributed by atoms with Gasteiger partial charge in [0.1, 0.15) is 5.82 Å². The Labute approximate surface area is 211 Å². The summed E-state index contributed by atoms with van der Waals surface area (Å²) in [6.45, 7) is 1.41. The fraction of sp³-hybridized carbons (Fsp3) is 0.0690. The topological polar surface area (TPSA) is 75.3 Å². The van der Waals surface area contributed by atoms with Crippen molar-refractivity contribution in [2.75, 3.05) is 10.6 Å². The average molecular weight is 497 g/mol. The van der Waals surface area contributed by atoms with Gasteiger partial charge in [-0.05, 0) is 87.6 Å². The number of carbonyl (C=O) groups is 3. The van der Waals surface area contributed by atoms with E-state index in [0.717, 1.165) is 44.8 Å². The van der Waals surface area contributed by atoms with E-state index < -0.39 is 5.91 Å². The van der Waals surface area contributed by atoms with Gasteiger partial charge in [0.25, 0.3) is 0 Å². The van der Waals surface area contributed by atoms with Gasteiger partial charge >= 0.3 is 0 Å². The van der Waals surface area contributed by atoms with Crippen LogP contribution in [0.25, 0.3) is 21.9 Å². The Morgan fingerprint density at radius 2 is 1.61 bits per heavy atom. The Bertz CT molecular complexity index is 1580. The van der Waals surface area contributed by atoms with Crippen LogP contribution in [0.4, 0.5) is 15.8 Å². The van der Waals surface area contributed by atoms with Gasteiger partial charge in [-0.15, -0.1) is 0 Å². The Morgan fingerprint density at radius 1 is 0.861 bits per heavy atom. The number of halogens is 1. The van der Waals surface area contributed by atoms with Gasteiger partial charge in [0.15, 0.2) is 0 Å².